The molecule has 3 heterocycles. The lowest BCUT2D eigenvalue weighted by Gasteiger charge is -2.17. The first-order valence-electron chi connectivity index (χ1n) is 8.14. The summed E-state index contributed by atoms with van der Waals surface area (Å²) in [5.41, 5.74) is 1.46. The Morgan fingerprint density at radius 3 is 2.83 bits per heavy atom. The molecule has 0 aliphatic carbocycles. The van der Waals surface area contributed by atoms with Crippen LogP contribution in [0.1, 0.15) is 18.4 Å². The van der Waals surface area contributed by atoms with E-state index in [0.29, 0.717) is 23.3 Å². The van der Waals surface area contributed by atoms with Gasteiger partial charge in [-0.15, -0.1) is 0 Å². The number of pyridine rings is 1. The van der Waals surface area contributed by atoms with E-state index < -0.39 is 0 Å². The number of hydrogen-bond acceptors (Lipinski definition) is 5. The monoisotopic (exact) mass is 323 g/mol. The number of nitrogens with one attached hydrogen (secondary N) is 1. The van der Waals surface area contributed by atoms with Gasteiger partial charge in [-0.2, -0.15) is 0 Å². The summed E-state index contributed by atoms with van der Waals surface area (Å²) in [5.74, 6) is 1.32. The Morgan fingerprint density at radius 1 is 1.08 bits per heavy atom. The van der Waals surface area contributed by atoms with Crippen molar-refractivity contribution in [1.29, 1.82) is 0 Å². The molecule has 0 atom stereocenters. The molecule has 1 aromatic carbocycles. The number of benzene rings is 1. The van der Waals surface area contributed by atoms with E-state index in [0.717, 1.165) is 24.5 Å². The van der Waals surface area contributed by atoms with E-state index in [1.54, 1.807) is 6.07 Å². The standard InChI is InChI=1S/C18H18FN5/c19-15-5-3-4-14-17(15)22-12-23-18(14)21-11-13-6-7-20-16(10-13)24-8-1-2-9-24/h3-7,10,12H,1-2,8-9,11H2,(H,21,22,23). The number of halogens is 1. The third-order valence-electron chi connectivity index (χ3n) is 4.32. The molecular formula is C18H18FN5. The molecule has 6 heteroatoms. The Balaban J connectivity index is 1.55. The highest BCUT2D eigenvalue weighted by Gasteiger charge is 2.13. The summed E-state index contributed by atoms with van der Waals surface area (Å²) < 4.78 is 13.8. The quantitative estimate of drug-likeness (QED) is 0.798. The summed E-state index contributed by atoms with van der Waals surface area (Å²) in [7, 11) is 0. The molecule has 0 bridgehead atoms. The van der Waals surface area contributed by atoms with E-state index >= 15 is 0 Å². The summed E-state index contributed by atoms with van der Waals surface area (Å²) in [6.45, 7) is 2.74. The largest absolute Gasteiger partial charge is 0.365 e. The zero-order valence-corrected chi connectivity index (χ0v) is 13.2. The lowest BCUT2D eigenvalue weighted by Crippen LogP contribution is -2.19. The van der Waals surface area contributed by atoms with Gasteiger partial charge in [0.1, 0.15) is 29.3 Å². The molecule has 5 nitrogen and oxygen atoms in total. The zero-order chi connectivity index (χ0) is 16.4. The van der Waals surface area contributed by atoms with Gasteiger partial charge in [-0.3, -0.25) is 0 Å². The van der Waals surface area contributed by atoms with Crippen molar-refractivity contribution in [3.8, 4) is 0 Å². The van der Waals surface area contributed by atoms with Crippen LogP contribution in [0.25, 0.3) is 10.9 Å². The second-order valence-corrected chi connectivity index (χ2v) is 5.93. The molecule has 24 heavy (non-hydrogen) atoms. The maximum Gasteiger partial charge on any atom is 0.149 e. The van der Waals surface area contributed by atoms with Crippen molar-refractivity contribution in [2.24, 2.45) is 0 Å². The van der Waals surface area contributed by atoms with Crippen molar-refractivity contribution in [2.45, 2.75) is 19.4 Å². The van der Waals surface area contributed by atoms with Gasteiger partial charge in [0.15, 0.2) is 0 Å². The Bertz CT molecular complexity index is 861. The third kappa shape index (κ3) is 2.87. The fraction of sp³-hybridized carbons (Fsp3) is 0.278. The average Bonchev–Trinajstić information content (AvgIpc) is 3.15. The van der Waals surface area contributed by atoms with Crippen LogP contribution in [-0.2, 0) is 6.54 Å². The molecular weight excluding hydrogens is 305 g/mol. The van der Waals surface area contributed by atoms with Crippen molar-refractivity contribution < 1.29 is 4.39 Å². The van der Waals surface area contributed by atoms with Crippen LogP contribution in [0.3, 0.4) is 0 Å². The minimum absolute atomic E-state index is 0.335. The van der Waals surface area contributed by atoms with Crippen LogP contribution < -0.4 is 10.2 Å². The predicted molar refractivity (Wildman–Crippen MR) is 92.5 cm³/mol. The molecule has 1 saturated heterocycles. The number of hydrogen-bond donors (Lipinski definition) is 1. The van der Waals surface area contributed by atoms with E-state index in [9.17, 15) is 4.39 Å². The van der Waals surface area contributed by atoms with E-state index in [2.05, 4.69) is 31.2 Å². The van der Waals surface area contributed by atoms with E-state index in [1.165, 1.54) is 25.2 Å². The fourth-order valence-electron chi connectivity index (χ4n) is 3.07. The van der Waals surface area contributed by atoms with Crippen molar-refractivity contribution in [2.75, 3.05) is 23.3 Å². The van der Waals surface area contributed by atoms with E-state index in [-0.39, 0.29) is 5.82 Å². The molecule has 0 spiro atoms. The number of para-hydroxylation sites is 1. The Hall–Kier alpha value is -2.76. The average molecular weight is 323 g/mol. The van der Waals surface area contributed by atoms with Gasteiger partial charge in [0.25, 0.3) is 0 Å². The fourth-order valence-corrected chi connectivity index (χ4v) is 3.07. The zero-order valence-electron chi connectivity index (χ0n) is 13.2. The van der Waals surface area contributed by atoms with Gasteiger partial charge in [-0.25, -0.2) is 19.3 Å². The molecule has 122 valence electrons. The third-order valence-corrected chi connectivity index (χ3v) is 4.32. The summed E-state index contributed by atoms with van der Waals surface area (Å²) in [5, 5.41) is 3.97. The van der Waals surface area contributed by atoms with Crippen molar-refractivity contribution in [3.63, 3.8) is 0 Å². The molecule has 2 aromatic heterocycles. The molecule has 1 N–H and O–H groups in total. The molecule has 1 aliphatic rings. The molecule has 0 unspecified atom stereocenters. The van der Waals surface area contributed by atoms with E-state index in [4.69, 9.17) is 0 Å². The smallest absolute Gasteiger partial charge is 0.149 e. The van der Waals surface area contributed by atoms with Crippen LogP contribution in [0, 0.1) is 5.82 Å². The highest BCUT2D eigenvalue weighted by molar-refractivity contribution is 5.89. The van der Waals surface area contributed by atoms with Crippen LogP contribution in [0.15, 0.2) is 42.9 Å². The number of anilines is 2. The SMILES string of the molecule is Fc1cccc2c(NCc3ccnc(N4CCCC4)c3)ncnc12. The lowest BCUT2D eigenvalue weighted by molar-refractivity contribution is 0.636. The first-order chi connectivity index (χ1) is 11.8. The number of nitrogens with zero attached hydrogens (tertiary/aromatic N) is 4. The van der Waals surface area contributed by atoms with Crippen LogP contribution in [0.4, 0.5) is 16.0 Å². The lowest BCUT2D eigenvalue weighted by atomic mass is 10.2. The minimum Gasteiger partial charge on any atom is -0.365 e. The molecule has 0 amide bonds. The first kappa shape index (κ1) is 14.8. The normalized spacial score (nSPS) is 14.3. The molecule has 1 aliphatic heterocycles. The van der Waals surface area contributed by atoms with E-state index in [1.807, 2.05) is 18.3 Å². The Labute approximate surface area is 139 Å². The predicted octanol–water partition coefficient (Wildman–Crippen LogP) is 3.38. The molecule has 1 fully saturated rings. The van der Waals surface area contributed by atoms with Gasteiger partial charge in [-0.1, -0.05) is 6.07 Å². The highest BCUT2D eigenvalue weighted by Crippen LogP contribution is 2.23. The maximum atomic E-state index is 13.8. The van der Waals surface area contributed by atoms with Crippen molar-refractivity contribution >= 4 is 22.5 Å². The van der Waals surface area contributed by atoms with Crippen LogP contribution in [0.2, 0.25) is 0 Å². The molecule has 4 rings (SSSR count). The van der Waals surface area contributed by atoms with Gasteiger partial charge in [0, 0.05) is 31.2 Å². The molecule has 0 saturated carbocycles. The second kappa shape index (κ2) is 6.39. The van der Waals surface area contributed by atoms with Gasteiger partial charge in [0.05, 0.1) is 0 Å². The topological polar surface area (TPSA) is 53.9 Å². The molecule has 3 aromatic rings. The summed E-state index contributed by atoms with van der Waals surface area (Å²) >= 11 is 0. The van der Waals surface area contributed by atoms with Gasteiger partial charge < -0.3 is 10.2 Å². The number of aromatic nitrogens is 3. The second-order valence-electron chi connectivity index (χ2n) is 5.93. The van der Waals surface area contributed by atoms with Gasteiger partial charge in [0.2, 0.25) is 0 Å². The number of fused-ring (bicyclic) bond motifs is 1. The Morgan fingerprint density at radius 2 is 1.96 bits per heavy atom. The van der Waals surface area contributed by atoms with Crippen LogP contribution in [-0.4, -0.2) is 28.0 Å². The van der Waals surface area contributed by atoms with Gasteiger partial charge >= 0.3 is 0 Å². The summed E-state index contributed by atoms with van der Waals surface area (Å²) in [6, 6.07) is 8.98. The maximum absolute atomic E-state index is 13.8. The Kier molecular flexibility index (Phi) is 3.94. The van der Waals surface area contributed by atoms with Crippen molar-refractivity contribution in [3.05, 3.63) is 54.2 Å². The van der Waals surface area contributed by atoms with Crippen molar-refractivity contribution in [1.82, 2.24) is 15.0 Å². The minimum atomic E-state index is -0.335. The first-order valence-corrected chi connectivity index (χ1v) is 8.14. The molecule has 0 radical (unpaired) electrons. The summed E-state index contributed by atoms with van der Waals surface area (Å²) in [4.78, 5) is 15.0. The summed E-state index contributed by atoms with van der Waals surface area (Å²) in [6.07, 6.45) is 5.67. The van der Waals surface area contributed by atoms with Crippen LogP contribution in [0.5, 0.6) is 0 Å². The highest BCUT2D eigenvalue weighted by atomic mass is 19.1. The van der Waals surface area contributed by atoms with Gasteiger partial charge in [-0.05, 0) is 42.7 Å². The van der Waals surface area contributed by atoms with Crippen LogP contribution >= 0.6 is 0 Å². The number of rotatable bonds is 4.